The Balaban J connectivity index is 2.03. The summed E-state index contributed by atoms with van der Waals surface area (Å²) in [6.07, 6.45) is 4.98. The Kier molecular flexibility index (Phi) is 4.73. The van der Waals surface area contributed by atoms with Gasteiger partial charge >= 0.3 is 7.12 Å². The minimum atomic E-state index is -3.64. The minimum absolute atomic E-state index is 0.0179. The molecule has 1 saturated carbocycles. The van der Waals surface area contributed by atoms with Gasteiger partial charge in [0, 0.05) is 11.4 Å². The zero-order chi connectivity index (χ0) is 16.4. The molecule has 0 bridgehead atoms. The summed E-state index contributed by atoms with van der Waals surface area (Å²) >= 11 is 0. The molecule has 1 aliphatic carbocycles. The van der Waals surface area contributed by atoms with E-state index in [9.17, 15) is 18.5 Å². The summed E-state index contributed by atoms with van der Waals surface area (Å²) in [5.74, 6) is 0. The normalized spacial score (nSPS) is 16.6. The number of nitrogens with one attached hydrogen (secondary N) is 1. The summed E-state index contributed by atoms with van der Waals surface area (Å²) in [4.78, 5) is 0.183. The van der Waals surface area contributed by atoms with Gasteiger partial charge in [0.1, 0.15) is 0 Å². The number of hydrogen-bond acceptors (Lipinski definition) is 4. The maximum atomic E-state index is 12.8. The molecule has 3 rings (SSSR count). The third-order valence-corrected chi connectivity index (χ3v) is 5.99. The lowest BCUT2D eigenvalue weighted by molar-refractivity contribution is 0.412. The molecule has 0 aromatic heterocycles. The molecule has 2 aromatic rings. The van der Waals surface area contributed by atoms with Crippen LogP contribution in [0, 0.1) is 0 Å². The van der Waals surface area contributed by atoms with Crippen molar-refractivity contribution in [3.05, 3.63) is 36.4 Å². The zero-order valence-corrected chi connectivity index (χ0v) is 13.6. The Hall–Kier alpha value is -1.41. The van der Waals surface area contributed by atoms with E-state index in [-0.39, 0.29) is 10.9 Å². The van der Waals surface area contributed by atoms with E-state index in [0.29, 0.717) is 16.2 Å². The first-order valence-corrected chi connectivity index (χ1v) is 9.37. The molecule has 122 valence electrons. The van der Waals surface area contributed by atoms with E-state index in [1.165, 1.54) is 12.1 Å². The van der Waals surface area contributed by atoms with Crippen LogP contribution in [0.15, 0.2) is 41.3 Å². The second kappa shape index (κ2) is 6.61. The second-order valence-corrected chi connectivity index (χ2v) is 7.71. The Morgan fingerprint density at radius 3 is 2.26 bits per heavy atom. The summed E-state index contributed by atoms with van der Waals surface area (Å²) < 4.78 is 28.3. The predicted molar refractivity (Wildman–Crippen MR) is 91.0 cm³/mol. The van der Waals surface area contributed by atoms with Crippen LogP contribution in [0.1, 0.15) is 32.1 Å². The van der Waals surface area contributed by atoms with Gasteiger partial charge in [-0.05, 0) is 29.8 Å². The molecule has 1 fully saturated rings. The highest BCUT2D eigenvalue weighted by atomic mass is 32.2. The minimum Gasteiger partial charge on any atom is -0.423 e. The SMILES string of the molecule is O=S(=O)(NC1CCCCC1)c1ccc(B(O)O)c2ccccc12. The average Bonchev–Trinajstić information content (AvgIpc) is 2.54. The van der Waals surface area contributed by atoms with Gasteiger partial charge in [0.2, 0.25) is 10.0 Å². The van der Waals surface area contributed by atoms with E-state index in [1.54, 1.807) is 24.3 Å². The molecule has 0 amide bonds. The van der Waals surface area contributed by atoms with Crippen LogP contribution in [0.5, 0.6) is 0 Å². The van der Waals surface area contributed by atoms with Gasteiger partial charge < -0.3 is 10.0 Å². The number of fused-ring (bicyclic) bond motifs is 1. The van der Waals surface area contributed by atoms with Gasteiger partial charge in [0.25, 0.3) is 0 Å². The lowest BCUT2D eigenvalue weighted by Crippen LogP contribution is -2.37. The molecule has 0 saturated heterocycles. The number of hydrogen-bond donors (Lipinski definition) is 3. The molecule has 0 heterocycles. The highest BCUT2D eigenvalue weighted by molar-refractivity contribution is 7.89. The van der Waals surface area contributed by atoms with Gasteiger partial charge in [-0.1, -0.05) is 49.6 Å². The fraction of sp³-hybridized carbons (Fsp3) is 0.375. The molecule has 0 spiro atoms. The van der Waals surface area contributed by atoms with Crippen molar-refractivity contribution in [2.24, 2.45) is 0 Å². The summed E-state index contributed by atoms with van der Waals surface area (Å²) in [6.45, 7) is 0. The van der Waals surface area contributed by atoms with E-state index in [0.717, 1.165) is 32.1 Å². The topological polar surface area (TPSA) is 86.6 Å². The van der Waals surface area contributed by atoms with Gasteiger partial charge in [0.15, 0.2) is 0 Å². The van der Waals surface area contributed by atoms with Crippen molar-refractivity contribution in [1.29, 1.82) is 0 Å². The van der Waals surface area contributed by atoms with Gasteiger partial charge in [-0.25, -0.2) is 13.1 Å². The van der Waals surface area contributed by atoms with Gasteiger partial charge in [-0.2, -0.15) is 0 Å². The first-order valence-electron chi connectivity index (χ1n) is 7.89. The van der Waals surface area contributed by atoms with Crippen molar-refractivity contribution in [2.75, 3.05) is 0 Å². The van der Waals surface area contributed by atoms with Crippen molar-refractivity contribution in [3.8, 4) is 0 Å². The van der Waals surface area contributed by atoms with Gasteiger partial charge in [0.05, 0.1) is 4.90 Å². The Labute approximate surface area is 136 Å². The third-order valence-electron chi connectivity index (χ3n) is 4.41. The summed E-state index contributed by atoms with van der Waals surface area (Å²) in [5.41, 5.74) is 0.303. The van der Waals surface area contributed by atoms with Crippen molar-refractivity contribution < 1.29 is 18.5 Å². The molecule has 3 N–H and O–H groups in total. The monoisotopic (exact) mass is 333 g/mol. The van der Waals surface area contributed by atoms with Crippen LogP contribution in [-0.4, -0.2) is 31.6 Å². The first kappa shape index (κ1) is 16.5. The lowest BCUT2D eigenvalue weighted by Gasteiger charge is -2.23. The lowest BCUT2D eigenvalue weighted by atomic mass is 9.77. The molecular weight excluding hydrogens is 313 g/mol. The van der Waals surface area contributed by atoms with Crippen LogP contribution in [0.2, 0.25) is 0 Å². The maximum absolute atomic E-state index is 12.8. The fourth-order valence-corrected chi connectivity index (χ4v) is 4.77. The summed E-state index contributed by atoms with van der Waals surface area (Å²) in [6, 6.07) is 9.77. The molecule has 7 heteroatoms. The van der Waals surface area contributed by atoms with E-state index < -0.39 is 17.1 Å². The number of benzene rings is 2. The van der Waals surface area contributed by atoms with Crippen molar-refractivity contribution in [1.82, 2.24) is 4.72 Å². The van der Waals surface area contributed by atoms with Crippen LogP contribution in [0.4, 0.5) is 0 Å². The highest BCUT2D eigenvalue weighted by Gasteiger charge is 2.25. The molecule has 1 aliphatic rings. The van der Waals surface area contributed by atoms with Crippen LogP contribution in [0.3, 0.4) is 0 Å². The fourth-order valence-electron chi connectivity index (χ4n) is 3.26. The Bertz CT molecular complexity index is 801. The smallest absolute Gasteiger partial charge is 0.423 e. The molecule has 23 heavy (non-hydrogen) atoms. The van der Waals surface area contributed by atoms with Crippen LogP contribution in [0.25, 0.3) is 10.8 Å². The quantitative estimate of drug-likeness (QED) is 0.732. The standard InChI is InChI=1S/C16H20BNO4S/c19-17(20)15-10-11-16(14-9-5-4-8-13(14)15)23(21,22)18-12-6-2-1-3-7-12/h4-5,8-12,18-20H,1-3,6-7H2. The number of rotatable bonds is 4. The van der Waals surface area contributed by atoms with Gasteiger partial charge in [-0.15, -0.1) is 0 Å². The van der Waals surface area contributed by atoms with Gasteiger partial charge in [-0.3, -0.25) is 0 Å². The third kappa shape index (κ3) is 3.43. The first-order chi connectivity index (χ1) is 11.0. The molecule has 0 aliphatic heterocycles. The van der Waals surface area contributed by atoms with E-state index in [2.05, 4.69) is 4.72 Å². The maximum Gasteiger partial charge on any atom is 0.489 e. The van der Waals surface area contributed by atoms with E-state index in [4.69, 9.17) is 0 Å². The summed E-state index contributed by atoms with van der Waals surface area (Å²) in [7, 11) is -5.28. The van der Waals surface area contributed by atoms with Crippen LogP contribution in [-0.2, 0) is 10.0 Å². The highest BCUT2D eigenvalue weighted by Crippen LogP contribution is 2.24. The van der Waals surface area contributed by atoms with Crippen LogP contribution < -0.4 is 10.2 Å². The molecule has 5 nitrogen and oxygen atoms in total. The molecule has 0 radical (unpaired) electrons. The number of sulfonamides is 1. The average molecular weight is 333 g/mol. The van der Waals surface area contributed by atoms with E-state index >= 15 is 0 Å². The summed E-state index contributed by atoms with van der Waals surface area (Å²) in [5, 5.41) is 20.0. The molecule has 0 atom stereocenters. The zero-order valence-electron chi connectivity index (χ0n) is 12.8. The van der Waals surface area contributed by atoms with E-state index in [1.807, 2.05) is 0 Å². The largest absolute Gasteiger partial charge is 0.489 e. The predicted octanol–water partition coefficient (Wildman–Crippen LogP) is 1.13. The van der Waals surface area contributed by atoms with Crippen molar-refractivity contribution in [2.45, 2.75) is 43.0 Å². The Morgan fingerprint density at radius 1 is 0.957 bits per heavy atom. The van der Waals surface area contributed by atoms with Crippen molar-refractivity contribution in [3.63, 3.8) is 0 Å². The second-order valence-electron chi connectivity index (χ2n) is 6.03. The molecule has 0 unspecified atom stereocenters. The Morgan fingerprint density at radius 2 is 1.61 bits per heavy atom. The van der Waals surface area contributed by atoms with Crippen molar-refractivity contribution >= 4 is 33.4 Å². The molecule has 2 aromatic carbocycles. The molecular formula is C16H20BNO4S. The van der Waals surface area contributed by atoms with Crippen LogP contribution >= 0.6 is 0 Å².